The molecule has 4 rings (SSSR count). The Bertz CT molecular complexity index is 1670. The van der Waals surface area contributed by atoms with E-state index in [0.717, 1.165) is 43.2 Å². The average molecular weight is 739 g/mol. The maximum atomic E-state index is 14.2. The Hall–Kier alpha value is -4.30. The van der Waals surface area contributed by atoms with E-state index in [9.17, 15) is 27.6 Å². The molecule has 284 valence electrons. The van der Waals surface area contributed by atoms with Crippen molar-refractivity contribution in [3.8, 4) is 0 Å². The van der Waals surface area contributed by atoms with E-state index in [4.69, 9.17) is 10.5 Å². The summed E-state index contributed by atoms with van der Waals surface area (Å²) in [5.74, 6) is -1.59. The molecule has 0 spiro atoms. The maximum Gasteiger partial charge on any atom is 0.303 e. The monoisotopic (exact) mass is 738 g/mol. The molecular weight excluding hydrogens is 685 g/mol. The molecule has 13 nitrogen and oxygen atoms in total. The third-order valence-electron chi connectivity index (χ3n) is 9.84. The highest BCUT2D eigenvalue weighted by molar-refractivity contribution is 7.88. The van der Waals surface area contributed by atoms with Crippen LogP contribution in [-0.4, -0.2) is 97.5 Å². The van der Waals surface area contributed by atoms with Crippen LogP contribution in [0.25, 0.3) is 0 Å². The molecule has 1 aliphatic carbocycles. The Morgan fingerprint density at radius 1 is 0.923 bits per heavy atom. The van der Waals surface area contributed by atoms with Crippen molar-refractivity contribution >= 4 is 39.5 Å². The van der Waals surface area contributed by atoms with Crippen molar-refractivity contribution < 1.29 is 32.7 Å². The van der Waals surface area contributed by atoms with Crippen LogP contribution in [-0.2, 0) is 48.0 Å². The summed E-state index contributed by atoms with van der Waals surface area (Å²) in [5.41, 5.74) is 2.86. The number of nitrogens with one attached hydrogen (secondary N) is 3. The van der Waals surface area contributed by atoms with Crippen molar-refractivity contribution in [2.45, 2.75) is 102 Å². The molecule has 4 N–H and O–H groups in total. The van der Waals surface area contributed by atoms with Gasteiger partial charge >= 0.3 is 5.97 Å². The molecule has 1 saturated carbocycles. The summed E-state index contributed by atoms with van der Waals surface area (Å²) in [4.78, 5) is 55.8. The highest BCUT2D eigenvalue weighted by atomic mass is 32.2. The molecule has 2 aromatic carbocycles. The minimum atomic E-state index is -3.99. The Kier molecular flexibility index (Phi) is 14.8. The van der Waals surface area contributed by atoms with Crippen LogP contribution in [0.3, 0.4) is 0 Å². The van der Waals surface area contributed by atoms with Gasteiger partial charge in [0.15, 0.2) is 0 Å². The second-order valence-corrected chi connectivity index (χ2v) is 16.1. The minimum absolute atomic E-state index is 0.0819. The fraction of sp³-hybridized carbons (Fsp3) is 0.553. The summed E-state index contributed by atoms with van der Waals surface area (Å²) < 4.78 is 30.1. The van der Waals surface area contributed by atoms with Crippen molar-refractivity contribution in [2.24, 2.45) is 5.92 Å². The zero-order chi connectivity index (χ0) is 37.8. The van der Waals surface area contributed by atoms with E-state index in [2.05, 4.69) is 10.0 Å². The summed E-state index contributed by atoms with van der Waals surface area (Å²) in [6.07, 6.45) is 6.77. The van der Waals surface area contributed by atoms with E-state index in [0.29, 0.717) is 49.3 Å². The second-order valence-electron chi connectivity index (χ2n) is 14.3. The number of aliphatic carboxylic acids is 1. The molecule has 3 amide bonds. The van der Waals surface area contributed by atoms with E-state index in [1.54, 1.807) is 46.0 Å². The fourth-order valence-electron chi connectivity index (χ4n) is 7.07. The number of likely N-dealkylation sites (tertiary alicyclic amines) is 1. The molecule has 2 aliphatic rings. The van der Waals surface area contributed by atoms with E-state index in [1.807, 2.05) is 38.4 Å². The topological polar surface area (TPSA) is 180 Å². The Morgan fingerprint density at radius 3 is 2.29 bits per heavy atom. The zero-order valence-electron chi connectivity index (χ0n) is 30.6. The molecule has 52 heavy (non-hydrogen) atoms. The molecule has 2 aromatic rings. The van der Waals surface area contributed by atoms with Crippen molar-refractivity contribution in [2.75, 3.05) is 27.7 Å². The van der Waals surface area contributed by atoms with Gasteiger partial charge < -0.3 is 25.1 Å². The number of benzene rings is 2. The van der Waals surface area contributed by atoms with E-state index in [1.165, 1.54) is 0 Å². The van der Waals surface area contributed by atoms with Gasteiger partial charge in [-0.3, -0.25) is 24.6 Å². The standard InChI is InChI=1S/C38H54N6O7S/c1-42(2)36(39)31-19-17-28(18-20-31)25-43(3)38(49)33-14-9-21-44(33)37(48)32(23-27-10-5-4-6-11-27)41-52(50,51)26-30-13-7-12-29(22-30)24-40-34(45)15-8-16-35(46)47/h7,12-13,17-20,22,27,32-33,39,41H,4-6,8-11,14-16,21,23-26H2,1-3H3,(H,40,45)(H,46,47)/t32-,33+/m1/s1. The van der Waals surface area contributed by atoms with Crippen molar-refractivity contribution in [3.63, 3.8) is 0 Å². The van der Waals surface area contributed by atoms with Gasteiger partial charge in [0.25, 0.3) is 0 Å². The Labute approximate surface area is 307 Å². The van der Waals surface area contributed by atoms with Crippen LogP contribution in [0.4, 0.5) is 0 Å². The van der Waals surface area contributed by atoms with E-state index < -0.39 is 28.1 Å². The number of hydrogen-bond donors (Lipinski definition) is 4. The fourth-order valence-corrected chi connectivity index (χ4v) is 8.40. The van der Waals surface area contributed by atoms with Crippen LogP contribution in [0.5, 0.6) is 0 Å². The lowest BCUT2D eigenvalue weighted by Gasteiger charge is -2.33. The number of nitrogens with zero attached hydrogens (tertiary/aromatic N) is 3. The normalized spacial score (nSPS) is 17.0. The van der Waals surface area contributed by atoms with Crippen LogP contribution in [0.15, 0.2) is 48.5 Å². The molecule has 0 bridgehead atoms. The van der Waals surface area contributed by atoms with Gasteiger partial charge in [0, 0.05) is 59.2 Å². The number of amidine groups is 1. The Morgan fingerprint density at radius 2 is 1.62 bits per heavy atom. The van der Waals surface area contributed by atoms with E-state index in [-0.39, 0.29) is 55.2 Å². The average Bonchev–Trinajstić information content (AvgIpc) is 3.60. The predicted octanol–water partition coefficient (Wildman–Crippen LogP) is 3.85. The number of amides is 3. The van der Waals surface area contributed by atoms with Gasteiger partial charge in [0.1, 0.15) is 17.9 Å². The summed E-state index contributed by atoms with van der Waals surface area (Å²) in [6, 6.07) is 12.6. The molecular formula is C38H54N6O7S. The number of hydrogen-bond acceptors (Lipinski definition) is 7. The molecule has 1 aliphatic heterocycles. The van der Waals surface area contributed by atoms with Gasteiger partial charge in [-0.05, 0) is 48.3 Å². The first-order chi connectivity index (χ1) is 24.7. The first-order valence-electron chi connectivity index (χ1n) is 18.2. The van der Waals surface area contributed by atoms with Crippen LogP contribution in [0.1, 0.15) is 92.9 Å². The van der Waals surface area contributed by atoms with Gasteiger partial charge in [-0.1, -0.05) is 80.6 Å². The number of carbonyl (C=O) groups is 4. The summed E-state index contributed by atoms with van der Waals surface area (Å²) in [6.45, 7) is 0.872. The number of likely N-dealkylation sites (N-methyl/N-ethyl adjacent to an activating group) is 1. The first-order valence-corrected chi connectivity index (χ1v) is 19.8. The van der Waals surface area contributed by atoms with Crippen LogP contribution >= 0.6 is 0 Å². The van der Waals surface area contributed by atoms with Crippen LogP contribution in [0.2, 0.25) is 0 Å². The van der Waals surface area contributed by atoms with Gasteiger partial charge in [-0.25, -0.2) is 13.1 Å². The lowest BCUT2D eigenvalue weighted by atomic mass is 9.84. The molecule has 2 atom stereocenters. The van der Waals surface area contributed by atoms with Crippen molar-refractivity contribution in [3.05, 3.63) is 70.8 Å². The molecule has 0 radical (unpaired) electrons. The highest BCUT2D eigenvalue weighted by Crippen LogP contribution is 2.30. The number of carboxylic acid groups (broad SMARTS) is 1. The van der Waals surface area contributed by atoms with E-state index >= 15 is 0 Å². The SMILES string of the molecule is CN(C)C(=N)c1ccc(CN(C)C(=O)[C@@H]2CCCN2C(=O)[C@@H](CC2CCCCC2)NS(=O)(=O)Cc2cccc(CNC(=O)CCCC(=O)O)c2)cc1. The Balaban J connectivity index is 1.42. The second kappa shape index (κ2) is 19.0. The molecule has 1 heterocycles. The van der Waals surface area contributed by atoms with Crippen LogP contribution < -0.4 is 10.0 Å². The highest BCUT2D eigenvalue weighted by Gasteiger charge is 2.40. The van der Waals surface area contributed by atoms with Crippen molar-refractivity contribution in [1.82, 2.24) is 24.7 Å². The molecule has 0 aromatic heterocycles. The third-order valence-corrected chi connectivity index (χ3v) is 11.2. The largest absolute Gasteiger partial charge is 0.481 e. The van der Waals surface area contributed by atoms with Crippen molar-refractivity contribution in [1.29, 1.82) is 5.41 Å². The van der Waals surface area contributed by atoms with Gasteiger partial charge in [-0.15, -0.1) is 0 Å². The number of carbonyl (C=O) groups excluding carboxylic acids is 3. The summed E-state index contributed by atoms with van der Waals surface area (Å²) in [7, 11) is 1.34. The smallest absolute Gasteiger partial charge is 0.303 e. The van der Waals surface area contributed by atoms with Gasteiger partial charge in [-0.2, -0.15) is 0 Å². The quantitative estimate of drug-likeness (QED) is 0.140. The van der Waals surface area contributed by atoms with Gasteiger partial charge in [0.2, 0.25) is 27.7 Å². The lowest BCUT2D eigenvalue weighted by Crippen LogP contribution is -2.54. The van der Waals surface area contributed by atoms with Crippen LogP contribution in [0, 0.1) is 11.3 Å². The predicted molar refractivity (Wildman–Crippen MR) is 199 cm³/mol. The molecule has 0 unspecified atom stereocenters. The molecule has 14 heteroatoms. The zero-order valence-corrected chi connectivity index (χ0v) is 31.4. The lowest BCUT2D eigenvalue weighted by molar-refractivity contribution is -0.144. The number of rotatable bonds is 17. The van der Waals surface area contributed by atoms with Gasteiger partial charge in [0.05, 0.1) is 5.75 Å². The molecule has 2 fully saturated rings. The number of carboxylic acids is 1. The summed E-state index contributed by atoms with van der Waals surface area (Å²) >= 11 is 0. The summed E-state index contributed by atoms with van der Waals surface area (Å²) in [5, 5.41) is 19.7. The maximum absolute atomic E-state index is 14.2. The number of sulfonamides is 1. The molecule has 1 saturated heterocycles. The first kappa shape index (κ1) is 40.5. The third kappa shape index (κ3) is 12.1. The minimum Gasteiger partial charge on any atom is -0.481 e.